The first-order valence-electron chi connectivity index (χ1n) is 4.19. The molecule has 0 aromatic carbocycles. The zero-order valence-electron chi connectivity index (χ0n) is 8.21. The number of hydrogen-bond acceptors (Lipinski definition) is 3. The second kappa shape index (κ2) is 4.38. The Morgan fingerprint density at radius 3 is 2.62 bits per heavy atom. The SMILES string of the molecule is Cc1cc(C(=O)O)cc(OCC(F)(F)F)n1. The van der Waals surface area contributed by atoms with Crippen molar-refractivity contribution in [3.05, 3.63) is 23.4 Å². The van der Waals surface area contributed by atoms with Gasteiger partial charge in [-0.05, 0) is 13.0 Å². The molecular formula is C9H8F3NO3. The third-order valence-corrected chi connectivity index (χ3v) is 1.56. The van der Waals surface area contributed by atoms with Gasteiger partial charge in [-0.1, -0.05) is 0 Å². The van der Waals surface area contributed by atoms with Gasteiger partial charge in [0.2, 0.25) is 5.88 Å². The van der Waals surface area contributed by atoms with Crippen LogP contribution < -0.4 is 4.74 Å². The Morgan fingerprint density at radius 2 is 2.12 bits per heavy atom. The monoisotopic (exact) mass is 235 g/mol. The van der Waals surface area contributed by atoms with Gasteiger partial charge in [-0.2, -0.15) is 13.2 Å². The summed E-state index contributed by atoms with van der Waals surface area (Å²) in [5.74, 6) is -1.60. The van der Waals surface area contributed by atoms with E-state index in [1.54, 1.807) is 0 Å². The highest BCUT2D eigenvalue weighted by Gasteiger charge is 2.28. The number of aromatic carboxylic acids is 1. The number of aryl methyl sites for hydroxylation is 1. The molecule has 0 spiro atoms. The highest BCUT2D eigenvalue weighted by atomic mass is 19.4. The van der Waals surface area contributed by atoms with Crippen LogP contribution in [0.2, 0.25) is 0 Å². The van der Waals surface area contributed by atoms with Crippen molar-refractivity contribution >= 4 is 5.97 Å². The van der Waals surface area contributed by atoms with Crippen molar-refractivity contribution in [1.82, 2.24) is 4.98 Å². The van der Waals surface area contributed by atoms with Crippen molar-refractivity contribution in [2.24, 2.45) is 0 Å². The molecule has 1 aromatic rings. The van der Waals surface area contributed by atoms with Gasteiger partial charge in [-0.15, -0.1) is 0 Å². The number of ether oxygens (including phenoxy) is 1. The molecule has 0 saturated carbocycles. The third-order valence-electron chi connectivity index (χ3n) is 1.56. The van der Waals surface area contributed by atoms with Gasteiger partial charge in [0.1, 0.15) is 0 Å². The fourth-order valence-corrected chi connectivity index (χ4v) is 0.991. The third kappa shape index (κ3) is 3.76. The average molecular weight is 235 g/mol. The highest BCUT2D eigenvalue weighted by molar-refractivity contribution is 5.87. The lowest BCUT2D eigenvalue weighted by Gasteiger charge is -2.09. The van der Waals surface area contributed by atoms with E-state index in [-0.39, 0.29) is 17.1 Å². The molecule has 7 heteroatoms. The Morgan fingerprint density at radius 1 is 1.50 bits per heavy atom. The first-order chi connectivity index (χ1) is 7.28. The Bertz CT molecular complexity index is 403. The van der Waals surface area contributed by atoms with Gasteiger partial charge >= 0.3 is 12.1 Å². The Balaban J connectivity index is 2.85. The fraction of sp³-hybridized carbons (Fsp3) is 0.333. The number of halogens is 3. The van der Waals surface area contributed by atoms with Gasteiger partial charge in [-0.25, -0.2) is 9.78 Å². The predicted octanol–water partition coefficient (Wildman–Crippen LogP) is 2.03. The Kier molecular flexibility index (Phi) is 3.36. The van der Waals surface area contributed by atoms with Crippen LogP contribution in [0.4, 0.5) is 13.2 Å². The summed E-state index contributed by atoms with van der Waals surface area (Å²) in [5.41, 5.74) is 0.113. The molecule has 1 rings (SSSR count). The molecule has 1 heterocycles. The van der Waals surface area contributed by atoms with Crippen LogP contribution in [0.3, 0.4) is 0 Å². The molecular weight excluding hydrogens is 227 g/mol. The van der Waals surface area contributed by atoms with Gasteiger partial charge in [0.25, 0.3) is 0 Å². The van der Waals surface area contributed by atoms with Crippen molar-refractivity contribution in [3.8, 4) is 5.88 Å². The molecule has 0 radical (unpaired) electrons. The summed E-state index contributed by atoms with van der Waals surface area (Å²) in [6, 6.07) is 2.18. The summed E-state index contributed by atoms with van der Waals surface area (Å²) in [7, 11) is 0. The van der Waals surface area contributed by atoms with Crippen LogP contribution in [0.25, 0.3) is 0 Å². The van der Waals surface area contributed by atoms with Gasteiger partial charge in [0.05, 0.1) is 5.56 Å². The number of nitrogens with zero attached hydrogens (tertiary/aromatic N) is 1. The van der Waals surface area contributed by atoms with E-state index < -0.39 is 18.8 Å². The van der Waals surface area contributed by atoms with E-state index in [1.165, 1.54) is 13.0 Å². The molecule has 4 nitrogen and oxygen atoms in total. The average Bonchev–Trinajstić information content (AvgIpc) is 2.13. The Labute approximate surface area is 88.7 Å². The number of carboxylic acid groups (broad SMARTS) is 1. The fourth-order valence-electron chi connectivity index (χ4n) is 0.991. The lowest BCUT2D eigenvalue weighted by Crippen LogP contribution is -2.20. The maximum atomic E-state index is 11.8. The minimum absolute atomic E-state index is 0.162. The zero-order chi connectivity index (χ0) is 12.3. The molecule has 0 atom stereocenters. The van der Waals surface area contributed by atoms with E-state index in [9.17, 15) is 18.0 Å². The first-order valence-corrected chi connectivity index (χ1v) is 4.19. The van der Waals surface area contributed by atoms with Crippen LogP contribution in [0.5, 0.6) is 5.88 Å². The van der Waals surface area contributed by atoms with E-state index in [0.717, 1.165) is 6.07 Å². The topological polar surface area (TPSA) is 59.4 Å². The normalized spacial score (nSPS) is 11.2. The second-order valence-electron chi connectivity index (χ2n) is 3.04. The molecule has 0 aliphatic heterocycles. The molecule has 0 amide bonds. The molecule has 0 aliphatic carbocycles. The number of aromatic nitrogens is 1. The highest BCUT2D eigenvalue weighted by Crippen LogP contribution is 2.18. The minimum Gasteiger partial charge on any atom is -0.478 e. The summed E-state index contributed by atoms with van der Waals surface area (Å²) >= 11 is 0. The molecule has 0 bridgehead atoms. The lowest BCUT2D eigenvalue weighted by molar-refractivity contribution is -0.154. The molecule has 1 aromatic heterocycles. The quantitative estimate of drug-likeness (QED) is 0.870. The predicted molar refractivity (Wildman–Crippen MR) is 47.5 cm³/mol. The summed E-state index contributed by atoms with van der Waals surface area (Å²) in [5, 5.41) is 8.66. The Hall–Kier alpha value is -1.79. The van der Waals surface area contributed by atoms with Gasteiger partial charge in [0.15, 0.2) is 6.61 Å². The van der Waals surface area contributed by atoms with E-state index in [4.69, 9.17) is 5.11 Å². The van der Waals surface area contributed by atoms with Crippen LogP contribution in [0.1, 0.15) is 16.1 Å². The van der Waals surface area contributed by atoms with Crippen molar-refractivity contribution in [1.29, 1.82) is 0 Å². The van der Waals surface area contributed by atoms with E-state index in [1.807, 2.05) is 0 Å². The second-order valence-corrected chi connectivity index (χ2v) is 3.04. The zero-order valence-corrected chi connectivity index (χ0v) is 8.21. The van der Waals surface area contributed by atoms with Crippen LogP contribution >= 0.6 is 0 Å². The molecule has 0 unspecified atom stereocenters. The summed E-state index contributed by atoms with van der Waals surface area (Å²) in [4.78, 5) is 14.2. The van der Waals surface area contributed by atoms with Crippen LogP contribution in [-0.2, 0) is 0 Å². The maximum Gasteiger partial charge on any atom is 0.422 e. The van der Waals surface area contributed by atoms with Gasteiger partial charge in [-0.3, -0.25) is 0 Å². The lowest BCUT2D eigenvalue weighted by atomic mass is 10.2. The van der Waals surface area contributed by atoms with E-state index in [0.29, 0.717) is 0 Å². The van der Waals surface area contributed by atoms with E-state index >= 15 is 0 Å². The molecule has 1 N–H and O–H groups in total. The molecule has 0 saturated heterocycles. The summed E-state index contributed by atoms with van der Waals surface area (Å²) in [6.07, 6.45) is -4.48. The number of carboxylic acids is 1. The van der Waals surface area contributed by atoms with Crippen molar-refractivity contribution < 1.29 is 27.8 Å². The largest absolute Gasteiger partial charge is 0.478 e. The molecule has 88 valence electrons. The van der Waals surface area contributed by atoms with Crippen molar-refractivity contribution in [3.63, 3.8) is 0 Å². The number of rotatable bonds is 3. The summed E-state index contributed by atoms with van der Waals surface area (Å²) < 4.78 is 39.8. The number of pyridine rings is 1. The number of carbonyl (C=O) groups is 1. The standard InChI is InChI=1S/C9H8F3NO3/c1-5-2-6(8(14)15)3-7(13-5)16-4-9(10,11)12/h2-3H,4H2,1H3,(H,14,15). The van der Waals surface area contributed by atoms with Crippen LogP contribution in [0, 0.1) is 6.92 Å². The number of hydrogen-bond donors (Lipinski definition) is 1. The van der Waals surface area contributed by atoms with Crippen LogP contribution in [-0.4, -0.2) is 28.8 Å². The number of alkyl halides is 3. The van der Waals surface area contributed by atoms with E-state index in [2.05, 4.69) is 9.72 Å². The maximum absolute atomic E-state index is 11.8. The van der Waals surface area contributed by atoms with Crippen molar-refractivity contribution in [2.75, 3.05) is 6.61 Å². The van der Waals surface area contributed by atoms with Crippen LogP contribution in [0.15, 0.2) is 12.1 Å². The van der Waals surface area contributed by atoms with Gasteiger partial charge in [0, 0.05) is 11.8 Å². The summed E-state index contributed by atoms with van der Waals surface area (Å²) in [6.45, 7) is -0.0323. The molecule has 0 fully saturated rings. The first kappa shape index (κ1) is 12.3. The minimum atomic E-state index is -4.48. The molecule has 16 heavy (non-hydrogen) atoms. The molecule has 0 aliphatic rings. The van der Waals surface area contributed by atoms with Crippen molar-refractivity contribution in [2.45, 2.75) is 13.1 Å². The smallest absolute Gasteiger partial charge is 0.422 e. The van der Waals surface area contributed by atoms with Gasteiger partial charge < -0.3 is 9.84 Å².